The SMILES string of the molecule is CC[C@@H](C(=N)C(=O)O)c1ncc[nH]1. The fourth-order valence-electron chi connectivity index (χ4n) is 1.15. The van der Waals surface area contributed by atoms with Crippen molar-refractivity contribution >= 4 is 11.7 Å². The van der Waals surface area contributed by atoms with Gasteiger partial charge in [0.2, 0.25) is 0 Å². The predicted molar refractivity (Wildman–Crippen MR) is 47.0 cm³/mol. The van der Waals surface area contributed by atoms with Gasteiger partial charge in [0.15, 0.2) is 0 Å². The number of hydrogen-bond donors (Lipinski definition) is 3. The molecule has 1 aromatic rings. The summed E-state index contributed by atoms with van der Waals surface area (Å²) in [5.74, 6) is -1.09. The summed E-state index contributed by atoms with van der Waals surface area (Å²) in [5, 5.41) is 15.9. The van der Waals surface area contributed by atoms with E-state index in [4.69, 9.17) is 10.5 Å². The summed E-state index contributed by atoms with van der Waals surface area (Å²) >= 11 is 0. The highest BCUT2D eigenvalue weighted by Crippen LogP contribution is 2.16. The number of H-pyrrole nitrogens is 1. The molecule has 0 saturated carbocycles. The number of hydrogen-bond acceptors (Lipinski definition) is 3. The van der Waals surface area contributed by atoms with Gasteiger partial charge in [-0.15, -0.1) is 0 Å². The monoisotopic (exact) mass is 181 g/mol. The van der Waals surface area contributed by atoms with Crippen LogP contribution in [0.1, 0.15) is 25.1 Å². The predicted octanol–water partition coefficient (Wildman–Crippen LogP) is 1.01. The Hall–Kier alpha value is -1.65. The molecule has 1 aromatic heterocycles. The molecule has 0 bridgehead atoms. The Bertz CT molecular complexity index is 305. The maximum Gasteiger partial charge on any atom is 0.350 e. The van der Waals surface area contributed by atoms with E-state index in [1.165, 1.54) is 0 Å². The molecule has 0 saturated heterocycles. The van der Waals surface area contributed by atoms with Gasteiger partial charge in [0.05, 0.1) is 5.92 Å². The summed E-state index contributed by atoms with van der Waals surface area (Å²) in [7, 11) is 0. The number of imidazole rings is 1. The molecule has 0 unspecified atom stereocenters. The summed E-state index contributed by atoms with van der Waals surface area (Å²) < 4.78 is 0. The fourth-order valence-corrected chi connectivity index (χ4v) is 1.15. The minimum Gasteiger partial charge on any atom is -0.477 e. The van der Waals surface area contributed by atoms with Gasteiger partial charge in [-0.25, -0.2) is 9.78 Å². The van der Waals surface area contributed by atoms with Crippen molar-refractivity contribution in [2.75, 3.05) is 0 Å². The molecule has 0 aliphatic rings. The number of carboxylic acids is 1. The van der Waals surface area contributed by atoms with Gasteiger partial charge < -0.3 is 10.1 Å². The van der Waals surface area contributed by atoms with Crippen LogP contribution in [0.3, 0.4) is 0 Å². The van der Waals surface area contributed by atoms with E-state index in [1.807, 2.05) is 6.92 Å². The third-order valence-corrected chi connectivity index (χ3v) is 1.84. The lowest BCUT2D eigenvalue weighted by Crippen LogP contribution is -2.21. The van der Waals surface area contributed by atoms with E-state index in [9.17, 15) is 4.79 Å². The number of aliphatic carboxylic acids is 1. The largest absolute Gasteiger partial charge is 0.477 e. The number of carbonyl (C=O) groups is 1. The highest BCUT2D eigenvalue weighted by molar-refractivity contribution is 6.36. The first-order valence-electron chi connectivity index (χ1n) is 3.97. The van der Waals surface area contributed by atoms with E-state index in [-0.39, 0.29) is 5.71 Å². The molecule has 5 nitrogen and oxygen atoms in total. The molecule has 5 heteroatoms. The van der Waals surface area contributed by atoms with E-state index >= 15 is 0 Å². The second-order valence-electron chi connectivity index (χ2n) is 2.65. The van der Waals surface area contributed by atoms with E-state index in [0.29, 0.717) is 12.2 Å². The van der Waals surface area contributed by atoms with Crippen LogP contribution in [-0.2, 0) is 4.79 Å². The average molecular weight is 181 g/mol. The molecule has 1 heterocycles. The highest BCUT2D eigenvalue weighted by atomic mass is 16.4. The van der Waals surface area contributed by atoms with Crippen LogP contribution in [0, 0.1) is 5.41 Å². The van der Waals surface area contributed by atoms with Crippen molar-refractivity contribution in [3.05, 3.63) is 18.2 Å². The minimum absolute atomic E-state index is 0.322. The van der Waals surface area contributed by atoms with Crippen LogP contribution in [0.5, 0.6) is 0 Å². The first-order chi connectivity index (χ1) is 6.16. The molecule has 0 aliphatic heterocycles. The summed E-state index contributed by atoms with van der Waals surface area (Å²) in [4.78, 5) is 17.3. The molecular formula is C8H11N3O2. The Morgan fingerprint density at radius 2 is 2.54 bits per heavy atom. The van der Waals surface area contributed by atoms with Crippen LogP contribution in [0.15, 0.2) is 12.4 Å². The van der Waals surface area contributed by atoms with Crippen molar-refractivity contribution in [1.82, 2.24) is 9.97 Å². The van der Waals surface area contributed by atoms with Gasteiger partial charge in [0, 0.05) is 12.4 Å². The molecule has 13 heavy (non-hydrogen) atoms. The Labute approximate surface area is 75.3 Å². The number of aromatic nitrogens is 2. The maximum absolute atomic E-state index is 10.5. The average Bonchev–Trinajstić information content (AvgIpc) is 2.58. The number of aromatic amines is 1. The molecule has 0 aliphatic carbocycles. The van der Waals surface area contributed by atoms with Gasteiger partial charge in [-0.2, -0.15) is 0 Å². The zero-order valence-corrected chi connectivity index (χ0v) is 7.24. The maximum atomic E-state index is 10.5. The van der Waals surface area contributed by atoms with Crippen LogP contribution < -0.4 is 0 Å². The molecule has 1 atom stereocenters. The molecule has 0 amide bonds. The van der Waals surface area contributed by atoms with Gasteiger partial charge in [-0.1, -0.05) is 6.92 Å². The zero-order valence-electron chi connectivity index (χ0n) is 7.24. The van der Waals surface area contributed by atoms with Crippen molar-refractivity contribution < 1.29 is 9.90 Å². The third-order valence-electron chi connectivity index (χ3n) is 1.84. The van der Waals surface area contributed by atoms with Gasteiger partial charge in [-0.05, 0) is 6.42 Å². The van der Waals surface area contributed by atoms with Crippen molar-refractivity contribution in [3.8, 4) is 0 Å². The number of carboxylic acid groups (broad SMARTS) is 1. The van der Waals surface area contributed by atoms with Crippen molar-refractivity contribution in [2.45, 2.75) is 19.3 Å². The van der Waals surface area contributed by atoms with E-state index in [1.54, 1.807) is 12.4 Å². The molecule has 0 fully saturated rings. The normalized spacial score (nSPS) is 12.4. The highest BCUT2D eigenvalue weighted by Gasteiger charge is 2.22. The lowest BCUT2D eigenvalue weighted by atomic mass is 10.00. The third kappa shape index (κ3) is 1.93. The smallest absolute Gasteiger partial charge is 0.350 e. The van der Waals surface area contributed by atoms with Crippen LogP contribution in [-0.4, -0.2) is 26.8 Å². The zero-order chi connectivity index (χ0) is 9.84. The second kappa shape index (κ2) is 3.84. The number of nitrogens with one attached hydrogen (secondary N) is 2. The lowest BCUT2D eigenvalue weighted by molar-refractivity contribution is -0.129. The van der Waals surface area contributed by atoms with E-state index < -0.39 is 11.9 Å². The second-order valence-corrected chi connectivity index (χ2v) is 2.65. The van der Waals surface area contributed by atoms with Crippen molar-refractivity contribution in [3.63, 3.8) is 0 Å². The molecule has 70 valence electrons. The van der Waals surface area contributed by atoms with Crippen molar-refractivity contribution in [2.24, 2.45) is 0 Å². The van der Waals surface area contributed by atoms with Crippen LogP contribution in [0.4, 0.5) is 0 Å². The number of nitrogens with zero attached hydrogens (tertiary/aromatic N) is 1. The van der Waals surface area contributed by atoms with Crippen LogP contribution in [0.25, 0.3) is 0 Å². The molecule has 0 radical (unpaired) electrons. The topological polar surface area (TPSA) is 89.8 Å². The van der Waals surface area contributed by atoms with Gasteiger partial charge in [-0.3, -0.25) is 5.41 Å². The Morgan fingerprint density at radius 3 is 2.92 bits per heavy atom. The summed E-state index contributed by atoms with van der Waals surface area (Å²) in [6.45, 7) is 1.82. The number of rotatable bonds is 4. The molecular weight excluding hydrogens is 170 g/mol. The fraction of sp³-hybridized carbons (Fsp3) is 0.375. The van der Waals surface area contributed by atoms with E-state index in [0.717, 1.165) is 0 Å². The Kier molecular flexibility index (Phi) is 2.79. The standard InChI is InChI=1S/C8H11N3O2/c1-2-5(6(9)8(12)13)7-10-3-4-11-7/h3-5,9H,2H2,1H3,(H,10,11)(H,12,13)/t5-/m0/s1. The van der Waals surface area contributed by atoms with Crippen LogP contribution in [0.2, 0.25) is 0 Å². The van der Waals surface area contributed by atoms with Crippen molar-refractivity contribution in [1.29, 1.82) is 5.41 Å². The quantitative estimate of drug-likeness (QED) is 0.605. The Balaban J connectivity index is 2.86. The Morgan fingerprint density at radius 1 is 1.85 bits per heavy atom. The first kappa shape index (κ1) is 9.44. The summed E-state index contributed by atoms with van der Waals surface area (Å²) in [6.07, 6.45) is 3.72. The van der Waals surface area contributed by atoms with Gasteiger partial charge >= 0.3 is 5.97 Å². The van der Waals surface area contributed by atoms with Gasteiger partial charge in [0.25, 0.3) is 0 Å². The summed E-state index contributed by atoms with van der Waals surface area (Å²) in [5.41, 5.74) is -0.322. The molecule has 0 aromatic carbocycles. The minimum atomic E-state index is -1.19. The lowest BCUT2D eigenvalue weighted by Gasteiger charge is -2.09. The summed E-state index contributed by atoms with van der Waals surface area (Å²) in [6, 6.07) is 0. The molecule has 0 spiro atoms. The molecule has 3 N–H and O–H groups in total. The molecule has 1 rings (SSSR count). The van der Waals surface area contributed by atoms with Gasteiger partial charge in [0.1, 0.15) is 11.5 Å². The first-order valence-corrected chi connectivity index (χ1v) is 3.97. The van der Waals surface area contributed by atoms with Crippen LogP contribution >= 0.6 is 0 Å². The van der Waals surface area contributed by atoms with E-state index in [2.05, 4.69) is 9.97 Å².